The van der Waals surface area contributed by atoms with Crippen molar-refractivity contribution in [1.29, 1.82) is 0 Å². The van der Waals surface area contributed by atoms with Gasteiger partial charge < -0.3 is 14.1 Å². The molecule has 0 saturated carbocycles. The summed E-state index contributed by atoms with van der Waals surface area (Å²) in [6.07, 6.45) is 2.36. The van der Waals surface area contributed by atoms with E-state index in [1.807, 2.05) is 53.8 Å². The van der Waals surface area contributed by atoms with E-state index in [1.165, 1.54) is 0 Å². The van der Waals surface area contributed by atoms with E-state index in [0.29, 0.717) is 11.2 Å². The number of aromatic nitrogens is 3. The number of nitrogens with one attached hydrogen (secondary N) is 1. The van der Waals surface area contributed by atoms with Crippen LogP contribution in [0, 0.1) is 6.92 Å². The summed E-state index contributed by atoms with van der Waals surface area (Å²) in [6.45, 7) is 3.50. The minimum Gasteiger partial charge on any atom is -0.449 e. The summed E-state index contributed by atoms with van der Waals surface area (Å²) in [5.41, 5.74) is 3.17. The van der Waals surface area contributed by atoms with Crippen LogP contribution in [0.1, 0.15) is 33.5 Å². The minimum absolute atomic E-state index is 0.179. The van der Waals surface area contributed by atoms with Gasteiger partial charge in [-0.1, -0.05) is 24.3 Å². The highest BCUT2D eigenvalue weighted by molar-refractivity contribution is 6.10. The number of esters is 1. The number of imidazole rings is 1. The van der Waals surface area contributed by atoms with Crippen molar-refractivity contribution < 1.29 is 14.3 Å². The minimum atomic E-state index is -0.910. The Morgan fingerprint density at radius 1 is 1.15 bits per heavy atom. The largest absolute Gasteiger partial charge is 0.449 e. The van der Waals surface area contributed by atoms with Crippen LogP contribution >= 0.6 is 0 Å². The standard InChI is InChI=1S/C20H17N3O3/c1-12-6-5-9-18-22-17(11-23(12)18)20(25)26-13(2)19(24)15-10-21-16-8-4-3-7-14(15)16/h3-11,13,21H,1-2H3/t13-/m1/s1. The van der Waals surface area contributed by atoms with Crippen LogP contribution in [0.3, 0.4) is 0 Å². The molecule has 4 aromatic rings. The SMILES string of the molecule is Cc1cccc2nc(C(=O)O[C@H](C)C(=O)c3c[nH]c4ccccc34)cn12. The number of aryl methyl sites for hydroxylation is 1. The summed E-state index contributed by atoms with van der Waals surface area (Å²) in [5, 5.41) is 0.809. The van der Waals surface area contributed by atoms with Gasteiger partial charge in [-0.3, -0.25) is 4.79 Å². The number of pyridine rings is 1. The lowest BCUT2D eigenvalue weighted by molar-refractivity contribution is 0.0314. The molecule has 3 heterocycles. The van der Waals surface area contributed by atoms with E-state index in [-0.39, 0.29) is 11.5 Å². The van der Waals surface area contributed by atoms with Gasteiger partial charge in [-0.15, -0.1) is 0 Å². The first-order chi connectivity index (χ1) is 12.5. The number of fused-ring (bicyclic) bond motifs is 2. The Labute approximate surface area is 149 Å². The van der Waals surface area contributed by atoms with Gasteiger partial charge in [0.15, 0.2) is 11.8 Å². The van der Waals surface area contributed by atoms with Gasteiger partial charge in [0.1, 0.15) is 5.65 Å². The third-order valence-electron chi connectivity index (χ3n) is 4.41. The normalized spacial score (nSPS) is 12.4. The number of rotatable bonds is 4. The van der Waals surface area contributed by atoms with Crippen LogP contribution in [0.25, 0.3) is 16.6 Å². The number of benzene rings is 1. The van der Waals surface area contributed by atoms with Crippen LogP contribution in [0.4, 0.5) is 0 Å². The summed E-state index contributed by atoms with van der Waals surface area (Å²) < 4.78 is 7.17. The maximum absolute atomic E-state index is 12.7. The molecule has 6 heteroatoms. The van der Waals surface area contributed by atoms with Crippen LogP contribution in [0.5, 0.6) is 0 Å². The molecule has 0 unspecified atom stereocenters. The highest BCUT2D eigenvalue weighted by Crippen LogP contribution is 2.20. The van der Waals surface area contributed by atoms with E-state index in [9.17, 15) is 9.59 Å². The molecule has 4 rings (SSSR count). The van der Waals surface area contributed by atoms with Gasteiger partial charge >= 0.3 is 5.97 Å². The van der Waals surface area contributed by atoms with Crippen LogP contribution in [-0.4, -0.2) is 32.2 Å². The van der Waals surface area contributed by atoms with Crippen molar-refractivity contribution >= 4 is 28.3 Å². The molecule has 0 saturated heterocycles. The van der Waals surface area contributed by atoms with Gasteiger partial charge in [-0.05, 0) is 32.0 Å². The van der Waals surface area contributed by atoms with Crippen molar-refractivity contribution in [2.24, 2.45) is 0 Å². The second kappa shape index (κ2) is 6.15. The maximum Gasteiger partial charge on any atom is 0.359 e. The summed E-state index contributed by atoms with van der Waals surface area (Å²) in [4.78, 5) is 32.4. The van der Waals surface area contributed by atoms with E-state index < -0.39 is 12.1 Å². The van der Waals surface area contributed by atoms with Gasteiger partial charge in [0.25, 0.3) is 0 Å². The number of ether oxygens (including phenoxy) is 1. The van der Waals surface area contributed by atoms with Crippen molar-refractivity contribution in [3.05, 3.63) is 71.8 Å². The molecular formula is C20H17N3O3. The summed E-state index contributed by atoms with van der Waals surface area (Å²) in [7, 11) is 0. The molecule has 0 radical (unpaired) electrons. The Morgan fingerprint density at radius 3 is 2.77 bits per heavy atom. The molecule has 0 fully saturated rings. The molecule has 0 aliphatic carbocycles. The molecule has 1 N–H and O–H groups in total. The second-order valence-electron chi connectivity index (χ2n) is 6.18. The smallest absolute Gasteiger partial charge is 0.359 e. The Kier molecular flexibility index (Phi) is 3.80. The highest BCUT2D eigenvalue weighted by atomic mass is 16.5. The van der Waals surface area contributed by atoms with Gasteiger partial charge in [0.2, 0.25) is 5.78 Å². The van der Waals surface area contributed by atoms with Crippen molar-refractivity contribution in [2.75, 3.05) is 0 Å². The number of H-pyrrole nitrogens is 1. The Balaban J connectivity index is 1.56. The van der Waals surface area contributed by atoms with Gasteiger partial charge in [0.05, 0.1) is 0 Å². The second-order valence-corrected chi connectivity index (χ2v) is 6.18. The van der Waals surface area contributed by atoms with E-state index >= 15 is 0 Å². The molecule has 0 spiro atoms. The fourth-order valence-electron chi connectivity index (χ4n) is 3.02. The van der Waals surface area contributed by atoms with E-state index in [0.717, 1.165) is 16.6 Å². The summed E-state index contributed by atoms with van der Waals surface area (Å²) >= 11 is 0. The molecule has 1 atom stereocenters. The van der Waals surface area contributed by atoms with Crippen molar-refractivity contribution in [3.8, 4) is 0 Å². The number of aromatic amines is 1. The topological polar surface area (TPSA) is 76.5 Å². The molecule has 3 aromatic heterocycles. The van der Waals surface area contributed by atoms with Gasteiger partial charge in [-0.25, -0.2) is 9.78 Å². The van der Waals surface area contributed by atoms with Crippen LogP contribution in [0.15, 0.2) is 54.9 Å². The predicted octanol–water partition coefficient (Wildman–Crippen LogP) is 3.55. The lowest BCUT2D eigenvalue weighted by atomic mass is 10.1. The Hall–Kier alpha value is -3.41. The zero-order valence-corrected chi connectivity index (χ0v) is 14.4. The molecule has 26 heavy (non-hydrogen) atoms. The van der Waals surface area contributed by atoms with Crippen molar-refractivity contribution in [1.82, 2.24) is 14.4 Å². The van der Waals surface area contributed by atoms with Crippen molar-refractivity contribution in [3.63, 3.8) is 0 Å². The zero-order chi connectivity index (χ0) is 18.3. The lowest BCUT2D eigenvalue weighted by Gasteiger charge is -2.10. The van der Waals surface area contributed by atoms with E-state index in [1.54, 1.807) is 19.3 Å². The molecule has 0 amide bonds. The Morgan fingerprint density at radius 2 is 1.96 bits per heavy atom. The molecule has 130 valence electrons. The first-order valence-corrected chi connectivity index (χ1v) is 8.30. The number of ketones is 1. The van der Waals surface area contributed by atoms with Crippen LogP contribution < -0.4 is 0 Å². The van der Waals surface area contributed by atoms with Gasteiger partial charge in [0, 0.05) is 34.6 Å². The maximum atomic E-state index is 12.7. The molecule has 0 bridgehead atoms. The first-order valence-electron chi connectivity index (χ1n) is 8.30. The average Bonchev–Trinajstić information content (AvgIpc) is 3.26. The third kappa shape index (κ3) is 2.65. The zero-order valence-electron chi connectivity index (χ0n) is 14.4. The average molecular weight is 347 g/mol. The Bertz CT molecular complexity index is 1140. The predicted molar refractivity (Wildman–Crippen MR) is 97.4 cm³/mol. The monoisotopic (exact) mass is 347 g/mol. The van der Waals surface area contributed by atoms with Crippen LogP contribution in [-0.2, 0) is 4.74 Å². The molecule has 0 aliphatic rings. The molecule has 0 aliphatic heterocycles. The molecule has 1 aromatic carbocycles. The number of carbonyl (C=O) groups is 2. The molecular weight excluding hydrogens is 330 g/mol. The lowest BCUT2D eigenvalue weighted by Crippen LogP contribution is -2.24. The van der Waals surface area contributed by atoms with E-state index in [4.69, 9.17) is 4.74 Å². The fraction of sp³-hybridized carbons (Fsp3) is 0.150. The van der Waals surface area contributed by atoms with E-state index in [2.05, 4.69) is 9.97 Å². The molecule has 6 nitrogen and oxygen atoms in total. The quantitative estimate of drug-likeness (QED) is 0.452. The summed E-state index contributed by atoms with van der Waals surface area (Å²) in [5.74, 6) is -0.871. The van der Waals surface area contributed by atoms with Gasteiger partial charge in [-0.2, -0.15) is 0 Å². The number of Topliss-reactive ketones (excluding diaryl/α,β-unsaturated/α-hetero) is 1. The number of nitrogens with zero attached hydrogens (tertiary/aromatic N) is 2. The number of hydrogen-bond donors (Lipinski definition) is 1. The number of carbonyl (C=O) groups excluding carboxylic acids is 2. The summed E-state index contributed by atoms with van der Waals surface area (Å²) in [6, 6.07) is 13.1. The highest BCUT2D eigenvalue weighted by Gasteiger charge is 2.24. The first kappa shape index (κ1) is 16.1. The van der Waals surface area contributed by atoms with Crippen molar-refractivity contribution in [2.45, 2.75) is 20.0 Å². The number of hydrogen-bond acceptors (Lipinski definition) is 4. The van der Waals surface area contributed by atoms with Crippen LogP contribution in [0.2, 0.25) is 0 Å². The third-order valence-corrected chi connectivity index (χ3v) is 4.41. The number of para-hydroxylation sites is 1. The fourth-order valence-corrected chi connectivity index (χ4v) is 3.02.